The van der Waals surface area contributed by atoms with Crippen LogP contribution >= 0.6 is 0 Å². The number of hydrogen-bond donors (Lipinski definition) is 1. The molecule has 0 saturated heterocycles. The second-order valence-electron chi connectivity index (χ2n) is 3.97. The fraction of sp³-hybridized carbons (Fsp3) is 0.667. The first-order valence-corrected chi connectivity index (χ1v) is 6.14. The smallest absolute Gasteiger partial charge is 0.236 e. The van der Waals surface area contributed by atoms with E-state index in [0.29, 0.717) is 6.54 Å². The van der Waals surface area contributed by atoms with Gasteiger partial charge in [-0.25, -0.2) is 0 Å². The Bertz CT molecular complexity index is 344. The van der Waals surface area contributed by atoms with Crippen molar-refractivity contribution in [3.63, 3.8) is 0 Å². The van der Waals surface area contributed by atoms with Crippen molar-refractivity contribution in [3.8, 4) is 0 Å². The van der Waals surface area contributed by atoms with E-state index < -0.39 is 0 Å². The summed E-state index contributed by atoms with van der Waals surface area (Å²) >= 11 is 0. The van der Waals surface area contributed by atoms with Gasteiger partial charge in [0.05, 0.1) is 12.2 Å². The Kier molecular flexibility index (Phi) is 5.69. The van der Waals surface area contributed by atoms with Crippen LogP contribution in [0, 0.1) is 0 Å². The molecule has 0 aliphatic rings. The van der Waals surface area contributed by atoms with Crippen LogP contribution in [0.15, 0.2) is 12.3 Å². The predicted octanol–water partition coefficient (Wildman–Crippen LogP) is 0.421. The number of nitrogens with zero attached hydrogens (tertiary/aromatic N) is 3. The van der Waals surface area contributed by atoms with Crippen molar-refractivity contribution in [2.24, 2.45) is 7.05 Å². The maximum absolute atomic E-state index is 11.7. The quantitative estimate of drug-likeness (QED) is 0.700. The first kappa shape index (κ1) is 13.7. The third kappa shape index (κ3) is 4.56. The molecule has 0 spiro atoms. The highest BCUT2D eigenvalue weighted by Gasteiger charge is 2.08. The lowest BCUT2D eigenvalue weighted by Crippen LogP contribution is -2.38. The van der Waals surface area contributed by atoms with E-state index in [-0.39, 0.29) is 5.91 Å². The highest BCUT2D eigenvalue weighted by atomic mass is 16.2. The molecule has 5 nitrogen and oxygen atoms in total. The summed E-state index contributed by atoms with van der Waals surface area (Å²) in [5.41, 5.74) is 1.05. The summed E-state index contributed by atoms with van der Waals surface area (Å²) in [6, 6.07) is 1.99. The number of carbonyl (C=O) groups is 1. The van der Waals surface area contributed by atoms with E-state index in [1.807, 2.05) is 38.1 Å². The van der Waals surface area contributed by atoms with Gasteiger partial charge in [-0.15, -0.1) is 0 Å². The van der Waals surface area contributed by atoms with Crippen LogP contribution in [0.3, 0.4) is 0 Å². The third-order valence-electron chi connectivity index (χ3n) is 2.72. The van der Waals surface area contributed by atoms with Crippen molar-refractivity contribution in [2.45, 2.75) is 20.3 Å². The van der Waals surface area contributed by atoms with Crippen LogP contribution in [0.1, 0.15) is 19.5 Å². The minimum Gasteiger partial charge on any atom is -0.342 e. The molecule has 0 bridgehead atoms. The Morgan fingerprint density at radius 3 is 2.71 bits per heavy atom. The summed E-state index contributed by atoms with van der Waals surface area (Å²) in [6.45, 7) is 6.73. The van der Waals surface area contributed by atoms with Gasteiger partial charge in [0.2, 0.25) is 5.91 Å². The van der Waals surface area contributed by atoms with Crippen LogP contribution in [-0.2, 0) is 18.3 Å². The molecular weight excluding hydrogens is 216 g/mol. The maximum atomic E-state index is 11.7. The zero-order valence-corrected chi connectivity index (χ0v) is 10.9. The normalized spacial score (nSPS) is 10.5. The lowest BCUT2D eigenvalue weighted by atomic mass is 10.3. The molecule has 17 heavy (non-hydrogen) atoms. The summed E-state index contributed by atoms with van der Waals surface area (Å²) in [5, 5.41) is 7.43. The molecule has 1 amide bonds. The van der Waals surface area contributed by atoms with Crippen molar-refractivity contribution in [3.05, 3.63) is 18.0 Å². The van der Waals surface area contributed by atoms with E-state index in [1.54, 1.807) is 4.68 Å². The largest absolute Gasteiger partial charge is 0.342 e. The van der Waals surface area contributed by atoms with Crippen LogP contribution < -0.4 is 5.32 Å². The van der Waals surface area contributed by atoms with Crippen LogP contribution in [-0.4, -0.2) is 46.8 Å². The number of aryl methyl sites for hydroxylation is 1. The van der Waals surface area contributed by atoms with Crippen LogP contribution in [0.25, 0.3) is 0 Å². The minimum atomic E-state index is 0.163. The number of likely N-dealkylation sites (N-methyl/N-ethyl adjacent to an activating group) is 1. The summed E-state index contributed by atoms with van der Waals surface area (Å²) in [6.07, 6.45) is 2.78. The van der Waals surface area contributed by atoms with Gasteiger partial charge in [-0.05, 0) is 19.9 Å². The van der Waals surface area contributed by atoms with Gasteiger partial charge in [0, 0.05) is 39.3 Å². The molecule has 0 unspecified atom stereocenters. The highest BCUT2D eigenvalue weighted by Crippen LogP contribution is 1.94. The van der Waals surface area contributed by atoms with Gasteiger partial charge in [0.25, 0.3) is 0 Å². The average Bonchev–Trinajstić information content (AvgIpc) is 2.72. The second-order valence-corrected chi connectivity index (χ2v) is 3.97. The molecule has 0 aliphatic carbocycles. The first-order valence-electron chi connectivity index (χ1n) is 6.14. The van der Waals surface area contributed by atoms with Crippen LogP contribution in [0.2, 0.25) is 0 Å². The molecule has 5 heteroatoms. The number of aromatic nitrogens is 2. The molecule has 1 N–H and O–H groups in total. The van der Waals surface area contributed by atoms with E-state index in [2.05, 4.69) is 10.4 Å². The molecule has 0 aliphatic heterocycles. The lowest BCUT2D eigenvalue weighted by molar-refractivity contribution is -0.129. The molecule has 1 aromatic rings. The van der Waals surface area contributed by atoms with Crippen LogP contribution in [0.5, 0.6) is 0 Å². The lowest BCUT2D eigenvalue weighted by Gasteiger charge is -2.18. The first-order chi connectivity index (χ1) is 8.17. The molecule has 96 valence electrons. The zero-order chi connectivity index (χ0) is 12.7. The number of nitrogens with one attached hydrogen (secondary N) is 1. The van der Waals surface area contributed by atoms with Crippen molar-refractivity contribution < 1.29 is 4.79 Å². The van der Waals surface area contributed by atoms with E-state index in [0.717, 1.165) is 31.7 Å². The maximum Gasteiger partial charge on any atom is 0.236 e. The molecule has 0 radical (unpaired) electrons. The standard InChI is InChI=1S/C12H22N4O/c1-4-16(5-2)12(17)10-13-8-6-11-7-9-15(3)14-11/h7,9,13H,4-6,8,10H2,1-3H3. The Labute approximate surface area is 103 Å². The van der Waals surface area contributed by atoms with Crippen molar-refractivity contribution in [1.29, 1.82) is 0 Å². The molecule has 1 heterocycles. The topological polar surface area (TPSA) is 50.2 Å². The SMILES string of the molecule is CCN(CC)C(=O)CNCCc1ccn(C)n1. The highest BCUT2D eigenvalue weighted by molar-refractivity contribution is 5.78. The van der Waals surface area contributed by atoms with Gasteiger partial charge < -0.3 is 10.2 Å². The Balaban J connectivity index is 2.17. The van der Waals surface area contributed by atoms with Crippen molar-refractivity contribution >= 4 is 5.91 Å². The fourth-order valence-corrected chi connectivity index (χ4v) is 1.70. The molecule has 0 fully saturated rings. The van der Waals surface area contributed by atoms with Gasteiger partial charge in [-0.1, -0.05) is 0 Å². The predicted molar refractivity (Wildman–Crippen MR) is 67.7 cm³/mol. The number of carbonyl (C=O) groups excluding carboxylic acids is 1. The summed E-state index contributed by atoms with van der Waals surface area (Å²) in [7, 11) is 1.90. The molecular formula is C12H22N4O. The van der Waals surface area contributed by atoms with E-state index in [9.17, 15) is 4.79 Å². The molecule has 0 atom stereocenters. The summed E-state index contributed by atoms with van der Waals surface area (Å²) in [5.74, 6) is 0.163. The minimum absolute atomic E-state index is 0.163. The second kappa shape index (κ2) is 7.06. The van der Waals surface area contributed by atoms with Crippen molar-refractivity contribution in [2.75, 3.05) is 26.2 Å². The Morgan fingerprint density at radius 1 is 1.47 bits per heavy atom. The molecule has 0 saturated carbocycles. The van der Waals surface area contributed by atoms with Gasteiger partial charge in [-0.2, -0.15) is 5.10 Å². The Hall–Kier alpha value is -1.36. The number of rotatable bonds is 7. The van der Waals surface area contributed by atoms with Gasteiger partial charge in [0.15, 0.2) is 0 Å². The van der Waals surface area contributed by atoms with Crippen molar-refractivity contribution in [1.82, 2.24) is 20.0 Å². The summed E-state index contributed by atoms with van der Waals surface area (Å²) in [4.78, 5) is 13.5. The molecule has 1 rings (SSSR count). The van der Waals surface area contributed by atoms with Gasteiger partial charge >= 0.3 is 0 Å². The summed E-state index contributed by atoms with van der Waals surface area (Å²) < 4.78 is 1.79. The molecule has 1 aromatic heterocycles. The number of amides is 1. The van der Waals surface area contributed by atoms with E-state index in [1.165, 1.54) is 0 Å². The van der Waals surface area contributed by atoms with Crippen LogP contribution in [0.4, 0.5) is 0 Å². The van der Waals surface area contributed by atoms with E-state index >= 15 is 0 Å². The Morgan fingerprint density at radius 2 is 2.18 bits per heavy atom. The number of hydrogen-bond acceptors (Lipinski definition) is 3. The van der Waals surface area contributed by atoms with E-state index in [4.69, 9.17) is 0 Å². The zero-order valence-electron chi connectivity index (χ0n) is 10.9. The monoisotopic (exact) mass is 238 g/mol. The average molecular weight is 238 g/mol. The third-order valence-corrected chi connectivity index (χ3v) is 2.72. The van der Waals surface area contributed by atoms with Gasteiger partial charge in [-0.3, -0.25) is 9.48 Å². The van der Waals surface area contributed by atoms with Gasteiger partial charge in [0.1, 0.15) is 0 Å². The fourth-order valence-electron chi connectivity index (χ4n) is 1.70. The molecule has 0 aromatic carbocycles.